The normalized spacial score (nSPS) is 14.8. The highest BCUT2D eigenvalue weighted by Gasteiger charge is 2.37. The molecule has 278 valence electrons. The number of aromatic nitrogens is 2. The molecule has 0 amide bonds. The van der Waals surface area contributed by atoms with E-state index in [4.69, 9.17) is 0 Å². The molecule has 2 aliphatic rings. The first-order valence-electron chi connectivity index (χ1n) is 21.0. The average Bonchev–Trinajstić information content (AvgIpc) is 3.88. The Morgan fingerprint density at radius 2 is 0.881 bits per heavy atom. The fourth-order valence-corrected chi connectivity index (χ4v) is 11.0. The van der Waals surface area contributed by atoms with Crippen LogP contribution in [0.15, 0.2) is 188 Å². The second kappa shape index (κ2) is 11.9. The van der Waals surface area contributed by atoms with Crippen molar-refractivity contribution in [2.45, 2.75) is 32.1 Å². The van der Waals surface area contributed by atoms with Crippen LogP contribution in [0.3, 0.4) is 0 Å². The number of para-hydroxylation sites is 2. The maximum absolute atomic E-state index is 2.48. The molecule has 2 aromatic heterocycles. The highest BCUT2D eigenvalue weighted by molar-refractivity contribution is 6.25. The van der Waals surface area contributed by atoms with Crippen LogP contribution in [-0.4, -0.2) is 9.13 Å². The number of hydrogen-bond acceptors (Lipinski definition) is 0. The molecule has 0 bridgehead atoms. The van der Waals surface area contributed by atoms with Gasteiger partial charge in [-0.1, -0.05) is 141 Å². The van der Waals surface area contributed by atoms with Crippen molar-refractivity contribution < 1.29 is 0 Å². The summed E-state index contributed by atoms with van der Waals surface area (Å²) in [5.74, 6) is 0. The first-order chi connectivity index (χ1) is 29.0. The zero-order valence-electron chi connectivity index (χ0n) is 33.1. The number of rotatable bonds is 3. The van der Waals surface area contributed by atoms with Crippen LogP contribution < -0.4 is 0 Å². The second-order valence-corrected chi connectivity index (χ2v) is 17.2. The van der Waals surface area contributed by atoms with Crippen molar-refractivity contribution in [3.05, 3.63) is 199 Å². The smallest absolute Gasteiger partial charge is 0.0541 e. The van der Waals surface area contributed by atoms with Crippen molar-refractivity contribution in [2.75, 3.05) is 0 Å². The van der Waals surface area contributed by atoms with Gasteiger partial charge in [0, 0.05) is 38.3 Å². The molecule has 11 aromatic rings. The summed E-state index contributed by atoms with van der Waals surface area (Å²) in [7, 11) is 0. The first kappa shape index (κ1) is 32.9. The molecule has 0 saturated heterocycles. The van der Waals surface area contributed by atoms with Gasteiger partial charge < -0.3 is 9.13 Å². The monoisotopic (exact) mass is 752 g/mol. The molecule has 0 radical (unpaired) electrons. The SMILES string of the molecule is CC1(C)C2=C(C=CCC2)c2ccc(-n3c4ccccc4c4cc(-c5ccc6c(c5)c5ccccc5n6-c5ccc6c7ccccc7c7ccccc7c6c5)ccc43)cc21. The number of hydrogen-bond donors (Lipinski definition) is 0. The van der Waals surface area contributed by atoms with Crippen LogP contribution in [-0.2, 0) is 5.41 Å². The van der Waals surface area contributed by atoms with Gasteiger partial charge in [0.25, 0.3) is 0 Å². The quantitative estimate of drug-likeness (QED) is 0.159. The average molecular weight is 753 g/mol. The molecule has 0 fully saturated rings. The highest BCUT2D eigenvalue weighted by atomic mass is 15.0. The summed E-state index contributed by atoms with van der Waals surface area (Å²) in [5.41, 5.74) is 15.6. The van der Waals surface area contributed by atoms with Gasteiger partial charge in [0.2, 0.25) is 0 Å². The van der Waals surface area contributed by atoms with Crippen molar-refractivity contribution in [2.24, 2.45) is 0 Å². The number of allylic oxidation sites excluding steroid dienone is 4. The topological polar surface area (TPSA) is 9.86 Å². The largest absolute Gasteiger partial charge is 0.309 e. The van der Waals surface area contributed by atoms with Crippen molar-refractivity contribution in [1.82, 2.24) is 9.13 Å². The fraction of sp³-hybridized carbons (Fsp3) is 0.0877. The summed E-state index contributed by atoms with van der Waals surface area (Å²) in [6.07, 6.45) is 6.97. The van der Waals surface area contributed by atoms with E-state index >= 15 is 0 Å². The molecule has 2 aliphatic carbocycles. The van der Waals surface area contributed by atoms with Gasteiger partial charge in [0.05, 0.1) is 22.1 Å². The van der Waals surface area contributed by atoms with E-state index < -0.39 is 0 Å². The Labute approximate surface area is 342 Å². The first-order valence-corrected chi connectivity index (χ1v) is 21.0. The van der Waals surface area contributed by atoms with Crippen LogP contribution in [0.25, 0.3) is 104 Å². The molecule has 0 N–H and O–H groups in total. The maximum atomic E-state index is 2.48. The lowest BCUT2D eigenvalue weighted by molar-refractivity contribution is 0.607. The lowest BCUT2D eigenvalue weighted by Crippen LogP contribution is -2.18. The molecule has 2 heteroatoms. The summed E-state index contributed by atoms with van der Waals surface area (Å²) in [5, 5.41) is 12.8. The van der Waals surface area contributed by atoms with Crippen molar-refractivity contribution in [3.63, 3.8) is 0 Å². The van der Waals surface area contributed by atoms with E-state index in [1.165, 1.54) is 115 Å². The lowest BCUT2D eigenvalue weighted by Gasteiger charge is -2.26. The maximum Gasteiger partial charge on any atom is 0.0541 e. The van der Waals surface area contributed by atoms with E-state index in [0.29, 0.717) is 0 Å². The van der Waals surface area contributed by atoms with Crippen molar-refractivity contribution >= 4 is 81.5 Å². The van der Waals surface area contributed by atoms with E-state index in [1.807, 2.05) is 0 Å². The Morgan fingerprint density at radius 1 is 0.407 bits per heavy atom. The van der Waals surface area contributed by atoms with Crippen LogP contribution in [0, 0.1) is 0 Å². The van der Waals surface area contributed by atoms with E-state index in [1.54, 1.807) is 5.57 Å². The summed E-state index contributed by atoms with van der Waals surface area (Å²) < 4.78 is 4.93. The number of nitrogens with zero attached hydrogens (tertiary/aromatic N) is 2. The Bertz CT molecular complexity index is 3660. The molecule has 9 aromatic carbocycles. The Hall–Kier alpha value is -7.16. The van der Waals surface area contributed by atoms with Crippen molar-refractivity contribution in [3.8, 4) is 22.5 Å². The Balaban J connectivity index is 0.966. The molecule has 2 heterocycles. The molecular formula is C57H40N2. The fourth-order valence-electron chi connectivity index (χ4n) is 11.0. The molecule has 0 spiro atoms. The van der Waals surface area contributed by atoms with Gasteiger partial charge in [-0.2, -0.15) is 0 Å². The van der Waals surface area contributed by atoms with E-state index in [-0.39, 0.29) is 5.41 Å². The predicted molar refractivity (Wildman–Crippen MR) is 251 cm³/mol. The van der Waals surface area contributed by atoms with E-state index in [2.05, 4.69) is 205 Å². The summed E-state index contributed by atoms with van der Waals surface area (Å²) >= 11 is 0. The summed E-state index contributed by atoms with van der Waals surface area (Å²) in [6.45, 7) is 4.82. The van der Waals surface area contributed by atoms with Gasteiger partial charge in [0.15, 0.2) is 0 Å². The van der Waals surface area contributed by atoms with Crippen LogP contribution in [0.2, 0.25) is 0 Å². The lowest BCUT2D eigenvalue weighted by atomic mass is 9.78. The van der Waals surface area contributed by atoms with Gasteiger partial charge in [0.1, 0.15) is 0 Å². The molecule has 13 rings (SSSR count). The molecule has 0 atom stereocenters. The molecule has 2 nitrogen and oxygen atoms in total. The number of benzene rings is 9. The zero-order valence-corrected chi connectivity index (χ0v) is 33.1. The minimum absolute atomic E-state index is 0.0245. The Kier molecular flexibility index (Phi) is 6.65. The van der Waals surface area contributed by atoms with Gasteiger partial charge in [-0.3, -0.25) is 0 Å². The molecular weight excluding hydrogens is 713 g/mol. The van der Waals surface area contributed by atoms with Gasteiger partial charge in [-0.15, -0.1) is 0 Å². The van der Waals surface area contributed by atoms with Crippen LogP contribution in [0.4, 0.5) is 0 Å². The van der Waals surface area contributed by atoms with Gasteiger partial charge in [-0.25, -0.2) is 0 Å². The van der Waals surface area contributed by atoms with Gasteiger partial charge >= 0.3 is 0 Å². The summed E-state index contributed by atoms with van der Waals surface area (Å²) in [6, 6.07) is 63.7. The third-order valence-corrected chi connectivity index (χ3v) is 13.8. The third kappa shape index (κ3) is 4.52. The summed E-state index contributed by atoms with van der Waals surface area (Å²) in [4.78, 5) is 0. The number of fused-ring (bicyclic) bond motifs is 14. The van der Waals surface area contributed by atoms with Crippen LogP contribution >= 0.6 is 0 Å². The van der Waals surface area contributed by atoms with Gasteiger partial charge in [-0.05, 0) is 134 Å². The van der Waals surface area contributed by atoms with E-state index in [9.17, 15) is 0 Å². The zero-order chi connectivity index (χ0) is 39.0. The molecule has 0 aliphatic heterocycles. The molecule has 0 saturated carbocycles. The van der Waals surface area contributed by atoms with E-state index in [0.717, 1.165) is 12.8 Å². The molecule has 0 unspecified atom stereocenters. The standard InChI is InChI=1S/C57H40N2/c1-57(2)51-20-10-7-17-44(51)45-28-26-38(34-52(45)57)59-54-22-12-9-19-47(54)50-32-36(24-30-56(50)59)35-23-29-55-49(31-35)46-18-8-11-21-53(46)58(55)37-25-27-43-41-15-4-3-13-39(41)40-14-5-6-16-42(40)48(43)33-37/h3-9,11-19,21-34H,10,20H2,1-2H3. The minimum Gasteiger partial charge on any atom is -0.309 e. The van der Waals surface area contributed by atoms with Crippen molar-refractivity contribution in [1.29, 1.82) is 0 Å². The second-order valence-electron chi connectivity index (χ2n) is 17.2. The van der Waals surface area contributed by atoms with Crippen LogP contribution in [0.1, 0.15) is 37.8 Å². The van der Waals surface area contributed by atoms with Crippen LogP contribution in [0.5, 0.6) is 0 Å². The highest BCUT2D eigenvalue weighted by Crippen LogP contribution is 2.51. The molecule has 59 heavy (non-hydrogen) atoms. The minimum atomic E-state index is 0.0245. The third-order valence-electron chi connectivity index (χ3n) is 13.8. The Morgan fingerprint density at radius 3 is 1.47 bits per heavy atom. The predicted octanol–water partition coefficient (Wildman–Crippen LogP) is 15.4.